The van der Waals surface area contributed by atoms with Gasteiger partial charge in [-0.2, -0.15) is 0 Å². The highest BCUT2D eigenvalue weighted by Gasteiger charge is 2.27. The molecule has 1 aromatic carbocycles. The molecule has 17 heavy (non-hydrogen) atoms. The van der Waals surface area contributed by atoms with E-state index in [4.69, 9.17) is 25.8 Å². The van der Waals surface area contributed by atoms with Crippen LogP contribution in [0.3, 0.4) is 0 Å². The largest absolute Gasteiger partial charge is 0.375 e. The zero-order valence-corrected chi connectivity index (χ0v) is 10.2. The topological polar surface area (TPSA) is 27.7 Å². The van der Waals surface area contributed by atoms with E-state index in [9.17, 15) is 0 Å². The Bertz CT molecular complexity index is 363. The molecule has 0 radical (unpaired) electrons. The quantitative estimate of drug-likeness (QED) is 0.597. The highest BCUT2D eigenvalue weighted by Crippen LogP contribution is 2.27. The van der Waals surface area contributed by atoms with Crippen LogP contribution in [0.2, 0.25) is 5.02 Å². The monoisotopic (exact) mass is 254 g/mol. The third-order valence-electron chi connectivity index (χ3n) is 2.43. The van der Waals surface area contributed by atoms with E-state index in [0.29, 0.717) is 24.8 Å². The molecule has 4 heteroatoms. The Morgan fingerprint density at radius 1 is 1.41 bits per heavy atom. The number of ether oxygens (including phenoxy) is 3. The average Bonchev–Trinajstić information content (AvgIpc) is 2.79. The second-order valence-electron chi connectivity index (χ2n) is 3.80. The van der Waals surface area contributed by atoms with E-state index in [0.717, 1.165) is 5.56 Å². The maximum absolute atomic E-state index is 5.82. The van der Waals surface area contributed by atoms with Crippen molar-refractivity contribution < 1.29 is 14.2 Å². The summed E-state index contributed by atoms with van der Waals surface area (Å²) in [6.45, 7) is 5.19. The zero-order valence-electron chi connectivity index (χ0n) is 9.47. The summed E-state index contributed by atoms with van der Waals surface area (Å²) in [7, 11) is 0. The summed E-state index contributed by atoms with van der Waals surface area (Å²) in [4.78, 5) is 0. The summed E-state index contributed by atoms with van der Waals surface area (Å²) in [6.07, 6.45) is 1.38. The van der Waals surface area contributed by atoms with E-state index in [-0.39, 0.29) is 12.4 Å². The van der Waals surface area contributed by atoms with Gasteiger partial charge in [-0.1, -0.05) is 29.8 Å². The number of benzene rings is 1. The van der Waals surface area contributed by atoms with Crippen molar-refractivity contribution in [1.29, 1.82) is 0 Å². The molecule has 1 aliphatic rings. The molecule has 0 spiro atoms. The van der Waals surface area contributed by atoms with Gasteiger partial charge in [-0.05, 0) is 12.1 Å². The van der Waals surface area contributed by atoms with Crippen LogP contribution in [0.5, 0.6) is 0 Å². The van der Waals surface area contributed by atoms with Gasteiger partial charge in [-0.15, -0.1) is 6.58 Å². The minimum atomic E-state index is -0.315. The number of hydrogen-bond acceptors (Lipinski definition) is 3. The minimum Gasteiger partial charge on any atom is -0.375 e. The Kier molecular flexibility index (Phi) is 4.57. The molecule has 0 N–H and O–H groups in total. The molecule has 1 aliphatic heterocycles. The van der Waals surface area contributed by atoms with Gasteiger partial charge >= 0.3 is 0 Å². The van der Waals surface area contributed by atoms with Crippen molar-refractivity contribution in [2.24, 2.45) is 0 Å². The minimum absolute atomic E-state index is 0.0179. The number of rotatable bonds is 5. The van der Waals surface area contributed by atoms with Gasteiger partial charge in [0.2, 0.25) is 0 Å². The first-order valence-electron chi connectivity index (χ1n) is 5.51. The Labute approximate surface area is 106 Å². The third-order valence-corrected chi connectivity index (χ3v) is 2.68. The van der Waals surface area contributed by atoms with Crippen LogP contribution in [-0.2, 0) is 14.2 Å². The van der Waals surface area contributed by atoms with Crippen molar-refractivity contribution in [1.82, 2.24) is 0 Å². The normalized spacial score (nSPS) is 23.8. The van der Waals surface area contributed by atoms with Crippen molar-refractivity contribution in [3.8, 4) is 0 Å². The predicted octanol–water partition coefficient (Wildman–Crippen LogP) is 2.96. The molecule has 1 fully saturated rings. The summed E-state index contributed by atoms with van der Waals surface area (Å²) >= 11 is 5.82. The van der Waals surface area contributed by atoms with Crippen LogP contribution in [-0.4, -0.2) is 25.9 Å². The van der Waals surface area contributed by atoms with Crippen LogP contribution < -0.4 is 0 Å². The van der Waals surface area contributed by atoms with Crippen LogP contribution in [0, 0.1) is 0 Å². The molecule has 1 saturated heterocycles. The van der Waals surface area contributed by atoms with Crippen molar-refractivity contribution in [3.05, 3.63) is 47.5 Å². The van der Waals surface area contributed by atoms with Gasteiger partial charge in [-0.3, -0.25) is 0 Å². The van der Waals surface area contributed by atoms with E-state index >= 15 is 0 Å². The highest BCUT2D eigenvalue weighted by atomic mass is 35.5. The Morgan fingerprint density at radius 3 is 2.88 bits per heavy atom. The van der Waals surface area contributed by atoms with Gasteiger partial charge in [0.25, 0.3) is 0 Å². The van der Waals surface area contributed by atoms with Gasteiger partial charge in [0.15, 0.2) is 6.29 Å². The summed E-state index contributed by atoms with van der Waals surface area (Å²) in [5, 5.41) is 0.706. The lowest BCUT2D eigenvalue weighted by Gasteiger charge is -2.11. The third kappa shape index (κ3) is 3.54. The standard InChI is InChI=1S/C13H15ClO3/c1-2-7-15-8-12-9-16-13(17-12)10-3-5-11(14)6-4-10/h2-6,12-13H,1,7-9H2/t12-,13+/m0/s1. The van der Waals surface area contributed by atoms with Gasteiger partial charge in [0.1, 0.15) is 6.10 Å². The second-order valence-corrected chi connectivity index (χ2v) is 4.24. The molecule has 2 atom stereocenters. The van der Waals surface area contributed by atoms with Crippen molar-refractivity contribution in [3.63, 3.8) is 0 Å². The number of hydrogen-bond donors (Lipinski definition) is 0. The molecule has 0 amide bonds. The fourth-order valence-electron chi connectivity index (χ4n) is 1.61. The summed E-state index contributed by atoms with van der Waals surface area (Å²) in [6, 6.07) is 7.45. The smallest absolute Gasteiger partial charge is 0.184 e. The first-order valence-corrected chi connectivity index (χ1v) is 5.88. The Balaban J connectivity index is 1.84. The van der Waals surface area contributed by atoms with E-state index in [2.05, 4.69) is 6.58 Å². The van der Waals surface area contributed by atoms with Gasteiger partial charge in [0.05, 0.1) is 19.8 Å². The first kappa shape index (κ1) is 12.6. The Hall–Kier alpha value is -0.870. The fourth-order valence-corrected chi connectivity index (χ4v) is 1.74. The average molecular weight is 255 g/mol. The SMILES string of the molecule is C=CCOC[C@H]1CO[C@@H](c2ccc(Cl)cc2)O1. The Morgan fingerprint density at radius 2 is 2.18 bits per heavy atom. The predicted molar refractivity (Wildman–Crippen MR) is 66.0 cm³/mol. The van der Waals surface area contributed by atoms with Crippen molar-refractivity contribution in [2.75, 3.05) is 19.8 Å². The van der Waals surface area contributed by atoms with Crippen molar-refractivity contribution >= 4 is 11.6 Å². The second kappa shape index (κ2) is 6.17. The summed E-state index contributed by atoms with van der Waals surface area (Å²) < 4.78 is 16.6. The van der Waals surface area contributed by atoms with Crippen molar-refractivity contribution in [2.45, 2.75) is 12.4 Å². The molecule has 92 valence electrons. The molecule has 1 heterocycles. The molecule has 0 unspecified atom stereocenters. The van der Waals surface area contributed by atoms with Crippen LogP contribution >= 0.6 is 11.6 Å². The molecule has 0 bridgehead atoms. The van der Waals surface area contributed by atoms with Crippen LogP contribution in [0.25, 0.3) is 0 Å². The molecule has 2 rings (SSSR count). The maximum atomic E-state index is 5.82. The lowest BCUT2D eigenvalue weighted by Crippen LogP contribution is -2.17. The molecule has 0 aromatic heterocycles. The van der Waals surface area contributed by atoms with E-state index in [1.54, 1.807) is 6.08 Å². The van der Waals surface area contributed by atoms with Gasteiger partial charge in [-0.25, -0.2) is 0 Å². The molecule has 1 aromatic rings. The van der Waals surface area contributed by atoms with Crippen LogP contribution in [0.1, 0.15) is 11.9 Å². The van der Waals surface area contributed by atoms with Gasteiger partial charge < -0.3 is 14.2 Å². The highest BCUT2D eigenvalue weighted by molar-refractivity contribution is 6.30. The summed E-state index contributed by atoms with van der Waals surface area (Å²) in [5.41, 5.74) is 0.973. The molecule has 0 saturated carbocycles. The maximum Gasteiger partial charge on any atom is 0.184 e. The molecule has 0 aliphatic carbocycles. The first-order chi connectivity index (χ1) is 8.29. The van der Waals surface area contributed by atoms with Gasteiger partial charge in [0, 0.05) is 10.6 Å². The lowest BCUT2D eigenvalue weighted by molar-refractivity contribution is -0.0722. The van der Waals surface area contributed by atoms with Crippen LogP contribution in [0.15, 0.2) is 36.9 Å². The van der Waals surface area contributed by atoms with Crippen LogP contribution in [0.4, 0.5) is 0 Å². The van der Waals surface area contributed by atoms with E-state index in [1.165, 1.54) is 0 Å². The van der Waals surface area contributed by atoms with E-state index < -0.39 is 0 Å². The lowest BCUT2D eigenvalue weighted by atomic mass is 10.2. The molecular weight excluding hydrogens is 240 g/mol. The summed E-state index contributed by atoms with van der Waals surface area (Å²) in [5.74, 6) is 0. The fraction of sp³-hybridized carbons (Fsp3) is 0.385. The zero-order chi connectivity index (χ0) is 12.1. The molecular formula is C13H15ClO3. The number of halogens is 1. The molecule has 3 nitrogen and oxygen atoms in total. The van der Waals surface area contributed by atoms with E-state index in [1.807, 2.05) is 24.3 Å².